The standard InChI is InChI=1S/C20H17NO4/c22-19(11-12-20(23)24)21-16-6-9-17(10-7-16)25-18-8-5-14-3-1-2-4-15(14)13-18/h1-10,13H,11-12H2,(H,21,22)(H,23,24). The predicted octanol–water partition coefficient (Wildman–Crippen LogP) is 4.44. The Labute approximate surface area is 144 Å². The average Bonchev–Trinajstić information content (AvgIpc) is 2.61. The molecule has 0 aliphatic carbocycles. The molecule has 126 valence electrons. The van der Waals surface area contributed by atoms with Crippen molar-refractivity contribution >= 4 is 28.3 Å². The highest BCUT2D eigenvalue weighted by Gasteiger charge is 2.06. The van der Waals surface area contributed by atoms with Crippen LogP contribution in [0, 0.1) is 0 Å². The molecular formula is C20H17NO4. The molecule has 0 saturated heterocycles. The first-order valence-electron chi connectivity index (χ1n) is 7.88. The molecule has 0 atom stereocenters. The number of carbonyl (C=O) groups excluding carboxylic acids is 1. The number of aliphatic carboxylic acids is 1. The molecule has 0 heterocycles. The van der Waals surface area contributed by atoms with Gasteiger partial charge in [0.05, 0.1) is 6.42 Å². The summed E-state index contributed by atoms with van der Waals surface area (Å²) in [6.45, 7) is 0. The Morgan fingerprint density at radius 1 is 0.840 bits per heavy atom. The van der Waals surface area contributed by atoms with Gasteiger partial charge in [0, 0.05) is 12.1 Å². The van der Waals surface area contributed by atoms with Crippen LogP contribution in [0.3, 0.4) is 0 Å². The Morgan fingerprint density at radius 3 is 2.24 bits per heavy atom. The molecule has 2 N–H and O–H groups in total. The molecule has 3 aromatic carbocycles. The Hall–Kier alpha value is -3.34. The maximum atomic E-state index is 11.6. The van der Waals surface area contributed by atoms with Crippen LogP contribution in [0.25, 0.3) is 10.8 Å². The van der Waals surface area contributed by atoms with Gasteiger partial charge in [0.1, 0.15) is 11.5 Å². The Balaban J connectivity index is 1.63. The minimum absolute atomic E-state index is 0.0509. The quantitative estimate of drug-likeness (QED) is 0.698. The monoisotopic (exact) mass is 335 g/mol. The lowest BCUT2D eigenvalue weighted by atomic mass is 10.1. The van der Waals surface area contributed by atoms with Crippen LogP contribution in [0.2, 0.25) is 0 Å². The Morgan fingerprint density at radius 2 is 1.52 bits per heavy atom. The third-order valence-electron chi connectivity index (χ3n) is 3.66. The molecule has 0 aliphatic heterocycles. The molecule has 0 aliphatic rings. The predicted molar refractivity (Wildman–Crippen MR) is 96.0 cm³/mol. The number of rotatable bonds is 6. The van der Waals surface area contributed by atoms with E-state index in [0.29, 0.717) is 11.4 Å². The van der Waals surface area contributed by atoms with Crippen LogP contribution < -0.4 is 10.1 Å². The highest BCUT2D eigenvalue weighted by Crippen LogP contribution is 2.26. The van der Waals surface area contributed by atoms with Crippen LogP contribution in [-0.2, 0) is 9.59 Å². The maximum absolute atomic E-state index is 11.6. The van der Waals surface area contributed by atoms with Crippen molar-refractivity contribution in [3.05, 3.63) is 66.7 Å². The Kier molecular flexibility index (Phi) is 4.95. The second-order valence-corrected chi connectivity index (χ2v) is 5.58. The van der Waals surface area contributed by atoms with E-state index >= 15 is 0 Å². The highest BCUT2D eigenvalue weighted by molar-refractivity contribution is 5.92. The van der Waals surface area contributed by atoms with Gasteiger partial charge in [-0.3, -0.25) is 9.59 Å². The number of benzene rings is 3. The van der Waals surface area contributed by atoms with Crippen molar-refractivity contribution in [1.29, 1.82) is 0 Å². The van der Waals surface area contributed by atoms with Crippen molar-refractivity contribution in [2.24, 2.45) is 0 Å². The second kappa shape index (κ2) is 7.49. The molecule has 25 heavy (non-hydrogen) atoms. The zero-order valence-corrected chi connectivity index (χ0v) is 13.4. The van der Waals surface area contributed by atoms with E-state index in [9.17, 15) is 9.59 Å². The summed E-state index contributed by atoms with van der Waals surface area (Å²) in [6, 6.07) is 20.9. The van der Waals surface area contributed by atoms with Crippen molar-refractivity contribution in [2.75, 3.05) is 5.32 Å². The third-order valence-corrected chi connectivity index (χ3v) is 3.66. The minimum Gasteiger partial charge on any atom is -0.481 e. The number of ether oxygens (including phenoxy) is 1. The molecule has 5 nitrogen and oxygen atoms in total. The molecule has 0 spiro atoms. The number of carbonyl (C=O) groups is 2. The van der Waals surface area contributed by atoms with Gasteiger partial charge in [-0.1, -0.05) is 30.3 Å². The van der Waals surface area contributed by atoms with Gasteiger partial charge < -0.3 is 15.2 Å². The Bertz CT molecular complexity index is 903. The van der Waals surface area contributed by atoms with Gasteiger partial charge in [-0.25, -0.2) is 0 Å². The number of fused-ring (bicyclic) bond motifs is 1. The van der Waals surface area contributed by atoms with E-state index in [4.69, 9.17) is 9.84 Å². The van der Waals surface area contributed by atoms with Gasteiger partial charge in [0.2, 0.25) is 5.91 Å². The van der Waals surface area contributed by atoms with Gasteiger partial charge in [-0.15, -0.1) is 0 Å². The lowest BCUT2D eigenvalue weighted by molar-refractivity contribution is -0.138. The first-order valence-corrected chi connectivity index (χ1v) is 7.88. The molecule has 0 aromatic heterocycles. The molecule has 1 amide bonds. The number of amides is 1. The number of anilines is 1. The smallest absolute Gasteiger partial charge is 0.303 e. The van der Waals surface area contributed by atoms with Crippen LogP contribution in [0.1, 0.15) is 12.8 Å². The van der Waals surface area contributed by atoms with Crippen LogP contribution in [0.15, 0.2) is 66.7 Å². The van der Waals surface area contributed by atoms with E-state index in [0.717, 1.165) is 16.5 Å². The lowest BCUT2D eigenvalue weighted by Gasteiger charge is -2.09. The molecule has 0 bridgehead atoms. The van der Waals surface area contributed by atoms with Crippen molar-refractivity contribution in [1.82, 2.24) is 0 Å². The third kappa shape index (κ3) is 4.57. The van der Waals surface area contributed by atoms with Crippen molar-refractivity contribution < 1.29 is 19.4 Å². The van der Waals surface area contributed by atoms with E-state index < -0.39 is 5.97 Å². The normalized spacial score (nSPS) is 10.4. The first kappa shape index (κ1) is 16.5. The van der Waals surface area contributed by atoms with Crippen LogP contribution >= 0.6 is 0 Å². The molecule has 0 fully saturated rings. The van der Waals surface area contributed by atoms with Crippen LogP contribution in [0.4, 0.5) is 5.69 Å². The number of carboxylic acid groups (broad SMARTS) is 1. The van der Waals surface area contributed by atoms with Crippen molar-refractivity contribution in [2.45, 2.75) is 12.8 Å². The molecule has 3 rings (SSSR count). The summed E-state index contributed by atoms with van der Waals surface area (Å²) in [4.78, 5) is 22.1. The van der Waals surface area contributed by atoms with Gasteiger partial charge >= 0.3 is 5.97 Å². The van der Waals surface area contributed by atoms with Gasteiger partial charge in [-0.05, 0) is 47.2 Å². The molecule has 0 unspecified atom stereocenters. The van der Waals surface area contributed by atoms with E-state index in [-0.39, 0.29) is 18.7 Å². The fourth-order valence-electron chi connectivity index (χ4n) is 2.42. The summed E-state index contributed by atoms with van der Waals surface area (Å²) >= 11 is 0. The SMILES string of the molecule is O=C(O)CCC(=O)Nc1ccc(Oc2ccc3ccccc3c2)cc1. The van der Waals surface area contributed by atoms with Gasteiger partial charge in [0.15, 0.2) is 0 Å². The van der Waals surface area contributed by atoms with E-state index in [1.54, 1.807) is 24.3 Å². The van der Waals surface area contributed by atoms with Crippen LogP contribution in [-0.4, -0.2) is 17.0 Å². The zero-order chi connectivity index (χ0) is 17.6. The van der Waals surface area contributed by atoms with Crippen LogP contribution in [0.5, 0.6) is 11.5 Å². The number of nitrogens with one attached hydrogen (secondary N) is 1. The minimum atomic E-state index is -0.991. The number of hydrogen-bond donors (Lipinski definition) is 2. The summed E-state index contributed by atoms with van der Waals surface area (Å²) in [7, 11) is 0. The zero-order valence-electron chi connectivity index (χ0n) is 13.4. The summed E-state index contributed by atoms with van der Waals surface area (Å²) < 4.78 is 5.83. The van der Waals surface area contributed by atoms with E-state index in [1.807, 2.05) is 42.5 Å². The second-order valence-electron chi connectivity index (χ2n) is 5.58. The van der Waals surface area contributed by atoms with E-state index in [1.165, 1.54) is 0 Å². The largest absolute Gasteiger partial charge is 0.481 e. The maximum Gasteiger partial charge on any atom is 0.303 e. The summed E-state index contributed by atoms with van der Waals surface area (Å²) in [5, 5.41) is 13.5. The summed E-state index contributed by atoms with van der Waals surface area (Å²) in [5.74, 6) is 0.0654. The molecule has 0 radical (unpaired) electrons. The fraction of sp³-hybridized carbons (Fsp3) is 0.100. The first-order chi connectivity index (χ1) is 12.1. The molecule has 3 aromatic rings. The lowest BCUT2D eigenvalue weighted by Crippen LogP contribution is -2.12. The summed E-state index contributed by atoms with van der Waals surface area (Å²) in [5.41, 5.74) is 0.598. The van der Waals surface area contributed by atoms with Crippen molar-refractivity contribution in [3.8, 4) is 11.5 Å². The fourth-order valence-corrected chi connectivity index (χ4v) is 2.42. The topological polar surface area (TPSA) is 75.6 Å². The molecular weight excluding hydrogens is 318 g/mol. The summed E-state index contributed by atoms with van der Waals surface area (Å²) in [6.07, 6.45) is -0.236. The van der Waals surface area contributed by atoms with Gasteiger partial charge in [0.25, 0.3) is 0 Å². The molecule has 5 heteroatoms. The average molecular weight is 335 g/mol. The highest BCUT2D eigenvalue weighted by atomic mass is 16.5. The van der Waals surface area contributed by atoms with Gasteiger partial charge in [-0.2, -0.15) is 0 Å². The number of hydrogen-bond acceptors (Lipinski definition) is 3. The van der Waals surface area contributed by atoms with Crippen molar-refractivity contribution in [3.63, 3.8) is 0 Å². The number of carboxylic acids is 1. The molecule has 0 saturated carbocycles. The van der Waals surface area contributed by atoms with E-state index in [2.05, 4.69) is 5.32 Å².